The van der Waals surface area contributed by atoms with E-state index in [9.17, 15) is 4.79 Å². The third-order valence-corrected chi connectivity index (χ3v) is 3.61. The first-order chi connectivity index (χ1) is 12.2. The molecule has 0 bridgehead atoms. The molecule has 25 heavy (non-hydrogen) atoms. The van der Waals surface area contributed by atoms with Crippen LogP contribution in [-0.4, -0.2) is 34.9 Å². The maximum atomic E-state index is 12.1. The second-order valence-corrected chi connectivity index (χ2v) is 5.36. The van der Waals surface area contributed by atoms with Crippen LogP contribution in [0.4, 0.5) is 0 Å². The number of aromatic nitrogens is 3. The van der Waals surface area contributed by atoms with Gasteiger partial charge in [0.25, 0.3) is 5.91 Å². The first kappa shape index (κ1) is 16.8. The zero-order valence-corrected chi connectivity index (χ0v) is 13.9. The van der Waals surface area contributed by atoms with Crippen LogP contribution in [0.2, 0.25) is 0 Å². The van der Waals surface area contributed by atoms with Crippen molar-refractivity contribution in [1.82, 2.24) is 20.7 Å². The molecule has 1 N–H and O–H groups in total. The van der Waals surface area contributed by atoms with Crippen LogP contribution < -0.4 is 5.32 Å². The summed E-state index contributed by atoms with van der Waals surface area (Å²) in [4.78, 5) is 12.1. The fourth-order valence-electron chi connectivity index (χ4n) is 2.13. The quantitative estimate of drug-likeness (QED) is 0.703. The lowest BCUT2D eigenvalue weighted by Crippen LogP contribution is -2.26. The summed E-state index contributed by atoms with van der Waals surface area (Å²) < 4.78 is 15.8. The Balaban J connectivity index is 1.53. The van der Waals surface area contributed by atoms with E-state index < -0.39 is 0 Å². The molecule has 0 saturated heterocycles. The molecule has 8 heteroatoms. The number of benzene rings is 1. The lowest BCUT2D eigenvalue weighted by atomic mass is 10.1. The van der Waals surface area contributed by atoms with E-state index in [2.05, 4.69) is 20.7 Å². The van der Waals surface area contributed by atoms with E-state index in [-0.39, 0.29) is 17.7 Å². The molecular formula is C17H18N4O4. The van der Waals surface area contributed by atoms with Gasteiger partial charge in [-0.05, 0) is 6.92 Å². The normalized spacial score (nSPS) is 12.1. The second kappa shape index (κ2) is 7.71. The summed E-state index contributed by atoms with van der Waals surface area (Å²) in [5, 5.41) is 14.4. The van der Waals surface area contributed by atoms with Crippen molar-refractivity contribution >= 4 is 5.91 Å². The molecule has 2 heterocycles. The molecule has 0 aliphatic heterocycles. The van der Waals surface area contributed by atoms with Crippen LogP contribution >= 0.6 is 0 Å². The summed E-state index contributed by atoms with van der Waals surface area (Å²) in [5.41, 5.74) is 1.08. The minimum Gasteiger partial charge on any atom is -0.422 e. The van der Waals surface area contributed by atoms with Crippen molar-refractivity contribution in [2.24, 2.45) is 0 Å². The Bertz CT molecular complexity index is 828. The van der Waals surface area contributed by atoms with E-state index in [0.717, 1.165) is 5.56 Å². The van der Waals surface area contributed by atoms with Gasteiger partial charge in [-0.2, -0.15) is 0 Å². The predicted molar refractivity (Wildman–Crippen MR) is 87.7 cm³/mol. The Hall–Kier alpha value is -3.00. The number of methoxy groups -OCH3 is 1. The number of nitrogens with one attached hydrogen (secondary N) is 1. The Kier molecular flexibility index (Phi) is 5.20. The molecule has 130 valence electrons. The molecule has 1 atom stereocenters. The summed E-state index contributed by atoms with van der Waals surface area (Å²) in [6.07, 6.45) is 0.154. The number of hydrogen-bond donors (Lipinski definition) is 1. The van der Waals surface area contributed by atoms with Crippen LogP contribution in [-0.2, 0) is 11.2 Å². The van der Waals surface area contributed by atoms with Crippen molar-refractivity contribution in [2.45, 2.75) is 19.4 Å². The summed E-state index contributed by atoms with van der Waals surface area (Å²) in [6, 6.07) is 11.1. The highest BCUT2D eigenvalue weighted by Gasteiger charge is 2.15. The fraction of sp³-hybridized carbons (Fsp3) is 0.294. The summed E-state index contributed by atoms with van der Waals surface area (Å²) in [7, 11) is 1.57. The van der Waals surface area contributed by atoms with Crippen molar-refractivity contribution in [3.05, 3.63) is 53.9 Å². The van der Waals surface area contributed by atoms with Crippen molar-refractivity contribution in [3.8, 4) is 11.3 Å². The fourth-order valence-corrected chi connectivity index (χ4v) is 2.13. The molecule has 0 spiro atoms. The SMILES string of the molecule is COC(C)c1nnc(CCNC(=O)c2cc(-c3ccccc3)on2)o1. The Morgan fingerprint density at radius 3 is 2.84 bits per heavy atom. The summed E-state index contributed by atoms with van der Waals surface area (Å²) in [6.45, 7) is 2.16. The van der Waals surface area contributed by atoms with Crippen LogP contribution in [0, 0.1) is 0 Å². The van der Waals surface area contributed by atoms with E-state index in [0.29, 0.717) is 30.5 Å². The van der Waals surface area contributed by atoms with Crippen LogP contribution in [0.15, 0.2) is 45.3 Å². The first-order valence-electron chi connectivity index (χ1n) is 7.83. The molecule has 1 amide bonds. The smallest absolute Gasteiger partial charge is 0.273 e. The van der Waals surface area contributed by atoms with E-state index in [1.54, 1.807) is 13.2 Å². The first-order valence-corrected chi connectivity index (χ1v) is 7.83. The van der Waals surface area contributed by atoms with Crippen LogP contribution in [0.5, 0.6) is 0 Å². The minimum absolute atomic E-state index is 0.220. The van der Waals surface area contributed by atoms with E-state index in [4.69, 9.17) is 13.7 Å². The molecule has 0 aliphatic rings. The summed E-state index contributed by atoms with van der Waals surface area (Å²) in [5.74, 6) is 1.06. The highest BCUT2D eigenvalue weighted by Crippen LogP contribution is 2.19. The standard InChI is InChI=1S/C17H18N4O4/c1-11(23-2)17-20-19-15(24-17)8-9-18-16(22)13-10-14(25-21-13)12-6-4-3-5-7-12/h3-7,10-11H,8-9H2,1-2H3,(H,18,22). The Morgan fingerprint density at radius 1 is 1.28 bits per heavy atom. The van der Waals surface area contributed by atoms with Crippen LogP contribution in [0.1, 0.15) is 35.3 Å². The molecule has 2 aromatic heterocycles. The molecule has 3 rings (SSSR count). The van der Waals surface area contributed by atoms with Gasteiger partial charge >= 0.3 is 0 Å². The number of rotatable bonds is 7. The number of amides is 1. The maximum Gasteiger partial charge on any atom is 0.273 e. The molecule has 1 unspecified atom stereocenters. The number of carbonyl (C=O) groups is 1. The zero-order valence-electron chi connectivity index (χ0n) is 13.9. The lowest BCUT2D eigenvalue weighted by Gasteiger charge is -2.02. The molecule has 0 aliphatic carbocycles. The van der Waals surface area contributed by atoms with Gasteiger partial charge < -0.3 is 19.0 Å². The van der Waals surface area contributed by atoms with Gasteiger partial charge in [0, 0.05) is 31.7 Å². The predicted octanol–water partition coefficient (Wildman–Crippen LogP) is 2.40. The van der Waals surface area contributed by atoms with Crippen molar-refractivity contribution < 1.29 is 18.5 Å². The molecule has 1 aromatic carbocycles. The van der Waals surface area contributed by atoms with Gasteiger partial charge in [0.15, 0.2) is 11.5 Å². The third-order valence-electron chi connectivity index (χ3n) is 3.61. The van der Waals surface area contributed by atoms with Crippen LogP contribution in [0.3, 0.4) is 0 Å². The number of nitrogens with zero attached hydrogens (tertiary/aromatic N) is 3. The number of hydrogen-bond acceptors (Lipinski definition) is 7. The third kappa shape index (κ3) is 4.10. The van der Waals surface area contributed by atoms with Gasteiger partial charge in [0.1, 0.15) is 6.10 Å². The van der Waals surface area contributed by atoms with Gasteiger partial charge in [-0.15, -0.1) is 10.2 Å². The van der Waals surface area contributed by atoms with Crippen molar-refractivity contribution in [3.63, 3.8) is 0 Å². The van der Waals surface area contributed by atoms with E-state index >= 15 is 0 Å². The topological polar surface area (TPSA) is 103 Å². The number of carbonyl (C=O) groups excluding carboxylic acids is 1. The highest BCUT2D eigenvalue weighted by atomic mass is 16.5. The van der Waals surface area contributed by atoms with Gasteiger partial charge in [0.2, 0.25) is 11.8 Å². The number of ether oxygens (including phenoxy) is 1. The molecule has 8 nitrogen and oxygen atoms in total. The zero-order chi connectivity index (χ0) is 17.6. The maximum absolute atomic E-state index is 12.1. The van der Waals surface area contributed by atoms with Gasteiger partial charge in [-0.3, -0.25) is 4.79 Å². The van der Waals surface area contributed by atoms with Gasteiger partial charge in [-0.1, -0.05) is 35.5 Å². The van der Waals surface area contributed by atoms with Gasteiger partial charge in [-0.25, -0.2) is 0 Å². The van der Waals surface area contributed by atoms with Crippen molar-refractivity contribution in [1.29, 1.82) is 0 Å². The average Bonchev–Trinajstić information content (AvgIpc) is 3.31. The minimum atomic E-state index is -0.323. The Morgan fingerprint density at radius 2 is 2.08 bits per heavy atom. The van der Waals surface area contributed by atoms with Gasteiger partial charge in [0.05, 0.1) is 0 Å². The highest BCUT2D eigenvalue weighted by molar-refractivity contribution is 5.93. The average molecular weight is 342 g/mol. The molecular weight excluding hydrogens is 324 g/mol. The molecule has 3 aromatic rings. The van der Waals surface area contributed by atoms with Crippen molar-refractivity contribution in [2.75, 3.05) is 13.7 Å². The van der Waals surface area contributed by atoms with Crippen LogP contribution in [0.25, 0.3) is 11.3 Å². The second-order valence-electron chi connectivity index (χ2n) is 5.36. The monoisotopic (exact) mass is 342 g/mol. The van der Waals surface area contributed by atoms with E-state index in [1.807, 2.05) is 37.3 Å². The summed E-state index contributed by atoms with van der Waals surface area (Å²) >= 11 is 0. The lowest BCUT2D eigenvalue weighted by molar-refractivity contribution is 0.0926. The Labute approximate surface area is 144 Å². The largest absolute Gasteiger partial charge is 0.422 e. The van der Waals surface area contributed by atoms with E-state index in [1.165, 1.54) is 0 Å². The molecule has 0 saturated carbocycles. The molecule has 0 radical (unpaired) electrons. The molecule has 0 fully saturated rings.